The third-order valence-electron chi connectivity index (χ3n) is 2.88. The Morgan fingerprint density at radius 2 is 1.94 bits per heavy atom. The molecule has 2 N–H and O–H groups in total. The van der Waals surface area contributed by atoms with E-state index in [2.05, 4.69) is 27.5 Å². The summed E-state index contributed by atoms with van der Waals surface area (Å²) in [5, 5.41) is 6.28. The molecule has 2 atom stereocenters. The molecule has 1 saturated heterocycles. The molecule has 1 aliphatic heterocycles. The van der Waals surface area contributed by atoms with Crippen molar-refractivity contribution in [1.29, 1.82) is 0 Å². The van der Waals surface area contributed by atoms with Crippen molar-refractivity contribution in [3.63, 3.8) is 0 Å². The van der Waals surface area contributed by atoms with Crippen LogP contribution < -0.4 is 10.6 Å². The van der Waals surface area contributed by atoms with Crippen molar-refractivity contribution in [2.24, 2.45) is 5.92 Å². The first-order chi connectivity index (χ1) is 8.45. The van der Waals surface area contributed by atoms with Crippen LogP contribution >= 0.6 is 0 Å². The molecule has 1 aliphatic rings. The molecule has 0 radical (unpaired) electrons. The lowest BCUT2D eigenvalue weighted by molar-refractivity contribution is -0.138. The van der Waals surface area contributed by atoms with Gasteiger partial charge in [-0.25, -0.2) is 9.97 Å². The van der Waals surface area contributed by atoms with E-state index in [4.69, 9.17) is 0 Å². The van der Waals surface area contributed by atoms with Crippen LogP contribution in [0.15, 0.2) is 12.4 Å². The van der Waals surface area contributed by atoms with E-state index >= 15 is 0 Å². The molecular weight excluding hydrogens is 245 g/mol. The van der Waals surface area contributed by atoms with E-state index in [0.29, 0.717) is 5.92 Å². The van der Waals surface area contributed by atoms with Crippen LogP contribution in [0, 0.1) is 5.92 Å². The number of nitrogens with one attached hydrogen (secondary N) is 2. The molecule has 2 rings (SSSR count). The van der Waals surface area contributed by atoms with Gasteiger partial charge in [-0.2, -0.15) is 13.2 Å². The van der Waals surface area contributed by atoms with Gasteiger partial charge < -0.3 is 10.6 Å². The summed E-state index contributed by atoms with van der Waals surface area (Å²) < 4.78 is 37.0. The second-order valence-corrected chi connectivity index (χ2v) is 4.63. The fraction of sp³-hybridized carbons (Fsp3) is 0.636. The van der Waals surface area contributed by atoms with Gasteiger partial charge in [-0.15, -0.1) is 0 Å². The van der Waals surface area contributed by atoms with E-state index in [1.165, 1.54) is 0 Å². The summed E-state index contributed by atoms with van der Waals surface area (Å²) in [6.07, 6.45) is -1.83. The summed E-state index contributed by atoms with van der Waals surface area (Å²) >= 11 is 0. The molecule has 1 aromatic heterocycles. The van der Waals surface area contributed by atoms with Crippen LogP contribution in [0.3, 0.4) is 0 Å². The zero-order valence-electron chi connectivity index (χ0n) is 9.96. The van der Waals surface area contributed by atoms with E-state index in [1.807, 2.05) is 0 Å². The number of hydrogen-bond acceptors (Lipinski definition) is 4. The van der Waals surface area contributed by atoms with Crippen molar-refractivity contribution in [1.82, 2.24) is 15.3 Å². The Morgan fingerprint density at radius 1 is 1.28 bits per heavy atom. The van der Waals surface area contributed by atoms with Crippen molar-refractivity contribution >= 4 is 5.95 Å². The van der Waals surface area contributed by atoms with Crippen LogP contribution in [-0.4, -0.2) is 29.1 Å². The lowest BCUT2D eigenvalue weighted by Crippen LogP contribution is -2.42. The summed E-state index contributed by atoms with van der Waals surface area (Å²) in [6, 6.07) is 0.158. The van der Waals surface area contributed by atoms with Crippen molar-refractivity contribution in [3.05, 3.63) is 18.0 Å². The second kappa shape index (κ2) is 5.09. The van der Waals surface area contributed by atoms with E-state index in [0.717, 1.165) is 31.9 Å². The molecule has 1 aromatic rings. The summed E-state index contributed by atoms with van der Waals surface area (Å²) in [5.74, 6) is 0.773. The monoisotopic (exact) mass is 260 g/mol. The molecule has 0 unspecified atom stereocenters. The zero-order chi connectivity index (χ0) is 13.2. The molecule has 4 nitrogen and oxygen atoms in total. The van der Waals surface area contributed by atoms with Gasteiger partial charge in [0, 0.05) is 25.0 Å². The third kappa shape index (κ3) is 3.32. The molecular formula is C11H15F3N4. The van der Waals surface area contributed by atoms with Crippen molar-refractivity contribution < 1.29 is 13.2 Å². The molecule has 18 heavy (non-hydrogen) atoms. The topological polar surface area (TPSA) is 49.8 Å². The largest absolute Gasteiger partial charge is 0.419 e. The van der Waals surface area contributed by atoms with Gasteiger partial charge in [-0.1, -0.05) is 6.92 Å². The molecule has 100 valence electrons. The summed E-state index contributed by atoms with van der Waals surface area (Å²) in [6.45, 7) is 3.86. The van der Waals surface area contributed by atoms with E-state index in [9.17, 15) is 13.2 Å². The van der Waals surface area contributed by atoms with Gasteiger partial charge in [-0.05, 0) is 18.9 Å². The molecule has 0 saturated carbocycles. The highest BCUT2D eigenvalue weighted by molar-refractivity contribution is 5.27. The van der Waals surface area contributed by atoms with Gasteiger partial charge in [0.05, 0.1) is 5.56 Å². The first-order valence-electron chi connectivity index (χ1n) is 5.81. The number of alkyl halides is 3. The molecule has 2 heterocycles. The number of rotatable bonds is 2. The normalized spacial score (nSPS) is 24.9. The Morgan fingerprint density at radius 3 is 2.50 bits per heavy atom. The smallest absolute Gasteiger partial charge is 0.350 e. The average molecular weight is 260 g/mol. The highest BCUT2D eigenvalue weighted by Crippen LogP contribution is 2.28. The highest BCUT2D eigenvalue weighted by Gasteiger charge is 2.31. The molecule has 0 aliphatic carbocycles. The number of piperidine rings is 1. The van der Waals surface area contributed by atoms with Gasteiger partial charge in [0.2, 0.25) is 5.95 Å². The van der Waals surface area contributed by atoms with Gasteiger partial charge in [0.25, 0.3) is 0 Å². The van der Waals surface area contributed by atoms with Crippen molar-refractivity contribution in [2.45, 2.75) is 25.6 Å². The van der Waals surface area contributed by atoms with Crippen LogP contribution in [0.4, 0.5) is 19.1 Å². The average Bonchev–Trinajstić information content (AvgIpc) is 2.28. The molecule has 0 bridgehead atoms. The zero-order valence-corrected chi connectivity index (χ0v) is 9.96. The molecule has 0 aromatic carbocycles. The maximum absolute atomic E-state index is 12.3. The summed E-state index contributed by atoms with van der Waals surface area (Å²) in [4.78, 5) is 7.39. The highest BCUT2D eigenvalue weighted by atomic mass is 19.4. The van der Waals surface area contributed by atoms with Crippen LogP contribution in [0.5, 0.6) is 0 Å². The Bertz CT molecular complexity index is 390. The molecule has 0 spiro atoms. The molecule has 7 heteroatoms. The van der Waals surface area contributed by atoms with Crippen LogP contribution in [-0.2, 0) is 6.18 Å². The Labute approximate surface area is 103 Å². The molecule has 0 amide bonds. The standard InChI is InChI=1S/C11H15F3N4/c1-7-2-9(6-15-3-7)18-10-16-4-8(5-17-10)11(12,13)14/h4-5,7,9,15H,2-3,6H2,1H3,(H,16,17,18)/t7-,9+/m1/s1. The van der Waals surface area contributed by atoms with E-state index < -0.39 is 11.7 Å². The van der Waals surface area contributed by atoms with Gasteiger partial charge in [0.15, 0.2) is 0 Å². The first kappa shape index (κ1) is 13.1. The maximum atomic E-state index is 12.3. The van der Waals surface area contributed by atoms with Gasteiger partial charge in [0.1, 0.15) is 0 Å². The summed E-state index contributed by atoms with van der Waals surface area (Å²) in [7, 11) is 0. The first-order valence-corrected chi connectivity index (χ1v) is 5.81. The third-order valence-corrected chi connectivity index (χ3v) is 2.88. The Balaban J connectivity index is 1.98. The quantitative estimate of drug-likeness (QED) is 0.852. The van der Waals surface area contributed by atoms with Gasteiger partial charge >= 0.3 is 6.18 Å². The van der Waals surface area contributed by atoms with Crippen LogP contribution in [0.1, 0.15) is 18.9 Å². The molecule has 1 fully saturated rings. The second-order valence-electron chi connectivity index (χ2n) is 4.63. The SMILES string of the molecule is C[C@H]1CNC[C@@H](Nc2ncc(C(F)(F)F)cn2)C1. The fourth-order valence-corrected chi connectivity index (χ4v) is 2.00. The number of halogens is 3. The predicted molar refractivity (Wildman–Crippen MR) is 61.1 cm³/mol. The summed E-state index contributed by atoms with van der Waals surface area (Å²) in [5.41, 5.74) is -0.830. The van der Waals surface area contributed by atoms with Gasteiger partial charge in [-0.3, -0.25) is 0 Å². The Kier molecular flexibility index (Phi) is 3.70. The number of nitrogens with zero attached hydrogens (tertiary/aromatic N) is 2. The number of aromatic nitrogens is 2. The lowest BCUT2D eigenvalue weighted by Gasteiger charge is -2.28. The fourth-order valence-electron chi connectivity index (χ4n) is 2.00. The number of anilines is 1. The van der Waals surface area contributed by atoms with Crippen LogP contribution in [0.25, 0.3) is 0 Å². The van der Waals surface area contributed by atoms with Crippen molar-refractivity contribution in [2.75, 3.05) is 18.4 Å². The minimum Gasteiger partial charge on any atom is -0.350 e. The predicted octanol–water partition coefficient (Wildman–Crippen LogP) is 1.91. The van der Waals surface area contributed by atoms with E-state index in [-0.39, 0.29) is 12.0 Å². The minimum atomic E-state index is -4.39. The van der Waals surface area contributed by atoms with E-state index in [1.54, 1.807) is 0 Å². The lowest BCUT2D eigenvalue weighted by atomic mass is 9.98. The van der Waals surface area contributed by atoms with Crippen LogP contribution in [0.2, 0.25) is 0 Å². The number of hydrogen-bond donors (Lipinski definition) is 2. The minimum absolute atomic E-state index is 0.158. The maximum Gasteiger partial charge on any atom is 0.419 e. The van der Waals surface area contributed by atoms with Crippen molar-refractivity contribution in [3.8, 4) is 0 Å². The Hall–Kier alpha value is -1.37.